The molecule has 1 aliphatic heterocycles. The van der Waals surface area contributed by atoms with Crippen LogP contribution in [-0.2, 0) is 13.6 Å². The molecule has 128 valence electrons. The third-order valence-corrected chi connectivity index (χ3v) is 7.09. The van der Waals surface area contributed by atoms with Gasteiger partial charge in [-0.15, -0.1) is 0 Å². The third-order valence-electron chi connectivity index (χ3n) is 3.77. The molecule has 0 bridgehead atoms. The van der Waals surface area contributed by atoms with E-state index in [1.54, 1.807) is 0 Å². The molecule has 3 atom stereocenters. The van der Waals surface area contributed by atoms with E-state index in [0.29, 0.717) is 6.61 Å². The molecule has 1 heterocycles. The maximum absolute atomic E-state index is 13.4. The molecule has 0 aliphatic carbocycles. The van der Waals surface area contributed by atoms with Gasteiger partial charge in [-0.2, -0.15) is 0 Å². The van der Waals surface area contributed by atoms with Gasteiger partial charge in [-0.1, -0.05) is 44.0 Å². The Kier molecular flexibility index (Phi) is 5.83. The third kappa shape index (κ3) is 4.30. The Labute approximate surface area is 158 Å². The monoisotopic (exact) mass is 473 g/mol. The molecule has 1 aliphatic rings. The summed E-state index contributed by atoms with van der Waals surface area (Å²) < 4.78 is 26.7. The van der Waals surface area contributed by atoms with Gasteiger partial charge in [0.2, 0.25) is 0 Å². The fourth-order valence-corrected chi connectivity index (χ4v) is 5.18. The van der Waals surface area contributed by atoms with E-state index in [1.807, 2.05) is 55.5 Å². The lowest BCUT2D eigenvalue weighted by Crippen LogP contribution is -2.23. The molecule has 0 amide bonds. The minimum absolute atomic E-state index is 0.0887. The van der Waals surface area contributed by atoms with Gasteiger partial charge in [0, 0.05) is 14.6 Å². The first kappa shape index (κ1) is 18.2. The fourth-order valence-electron chi connectivity index (χ4n) is 2.51. The van der Waals surface area contributed by atoms with Gasteiger partial charge in [-0.25, -0.2) is 0 Å². The lowest BCUT2D eigenvalue weighted by Gasteiger charge is -2.34. The van der Waals surface area contributed by atoms with E-state index in [1.165, 1.54) is 0 Å². The van der Waals surface area contributed by atoms with E-state index in [2.05, 4.69) is 37.2 Å². The molecular formula is C17H18Br2NO3P. The molecule has 0 saturated carbocycles. The second-order valence-corrected chi connectivity index (χ2v) is 9.58. The van der Waals surface area contributed by atoms with Crippen LogP contribution in [0.25, 0.3) is 0 Å². The molecule has 7 heteroatoms. The Balaban J connectivity index is 1.95. The summed E-state index contributed by atoms with van der Waals surface area (Å²) in [6.07, 6.45) is 0.657. The number of nitrogens with one attached hydrogen (secondary N) is 1. The summed E-state index contributed by atoms with van der Waals surface area (Å²) in [5.74, 6) is -0.561. The SMILES string of the molecule is C[C@H]1CCO[P@@](=O)([C@H](Nc2ccc(Br)cc2)c2ccc(Br)cc2)O1. The normalized spacial score (nSPS) is 25.2. The van der Waals surface area contributed by atoms with Crippen LogP contribution in [-0.4, -0.2) is 12.7 Å². The van der Waals surface area contributed by atoms with Crippen LogP contribution in [0.5, 0.6) is 0 Å². The van der Waals surface area contributed by atoms with E-state index in [9.17, 15) is 4.57 Å². The zero-order valence-electron chi connectivity index (χ0n) is 13.1. The van der Waals surface area contributed by atoms with E-state index in [-0.39, 0.29) is 6.10 Å². The predicted molar refractivity (Wildman–Crippen MR) is 103 cm³/mol. The smallest absolute Gasteiger partial charge is 0.357 e. The lowest BCUT2D eigenvalue weighted by molar-refractivity contribution is 0.0887. The van der Waals surface area contributed by atoms with Crippen LogP contribution in [0.15, 0.2) is 57.5 Å². The maximum atomic E-state index is 13.4. The van der Waals surface area contributed by atoms with Gasteiger partial charge in [0.15, 0.2) is 5.78 Å². The van der Waals surface area contributed by atoms with Crippen molar-refractivity contribution >= 4 is 45.1 Å². The van der Waals surface area contributed by atoms with E-state index in [4.69, 9.17) is 9.05 Å². The van der Waals surface area contributed by atoms with Crippen LogP contribution in [0, 0.1) is 0 Å². The lowest BCUT2D eigenvalue weighted by atomic mass is 10.2. The van der Waals surface area contributed by atoms with Crippen molar-refractivity contribution in [2.75, 3.05) is 11.9 Å². The summed E-state index contributed by atoms with van der Waals surface area (Å²) in [5.41, 5.74) is 1.71. The molecule has 3 rings (SSSR count). The summed E-state index contributed by atoms with van der Waals surface area (Å²) in [7, 11) is -3.33. The second-order valence-electron chi connectivity index (χ2n) is 5.68. The minimum atomic E-state index is -3.33. The van der Waals surface area contributed by atoms with E-state index in [0.717, 1.165) is 26.6 Å². The molecule has 0 aromatic heterocycles. The molecule has 1 fully saturated rings. The highest BCUT2D eigenvalue weighted by molar-refractivity contribution is 9.10. The van der Waals surface area contributed by atoms with Crippen molar-refractivity contribution in [1.29, 1.82) is 0 Å². The van der Waals surface area contributed by atoms with E-state index >= 15 is 0 Å². The van der Waals surface area contributed by atoms with Crippen molar-refractivity contribution in [3.63, 3.8) is 0 Å². The standard InChI is InChI=1S/C17H18Br2NO3P/c1-12-10-11-22-24(21,23-12)17(13-2-4-14(18)5-3-13)20-16-8-6-15(19)7-9-16/h2-9,12,17,20H,10-11H2,1H3/t12-,17-,24-/m0/s1. The summed E-state index contributed by atoms with van der Waals surface area (Å²) in [6.45, 7) is 2.36. The number of hydrogen-bond acceptors (Lipinski definition) is 4. The van der Waals surface area contributed by atoms with Gasteiger partial charge in [0.05, 0.1) is 12.7 Å². The molecule has 4 nitrogen and oxygen atoms in total. The highest BCUT2D eigenvalue weighted by atomic mass is 79.9. The average Bonchev–Trinajstić information content (AvgIpc) is 2.55. The summed E-state index contributed by atoms with van der Waals surface area (Å²) >= 11 is 6.85. The Morgan fingerprint density at radius 2 is 1.67 bits per heavy atom. The van der Waals surface area contributed by atoms with Gasteiger partial charge in [-0.05, 0) is 55.3 Å². The van der Waals surface area contributed by atoms with Crippen molar-refractivity contribution in [3.8, 4) is 0 Å². The van der Waals surface area contributed by atoms with Crippen LogP contribution < -0.4 is 5.32 Å². The van der Waals surface area contributed by atoms with Crippen LogP contribution in [0.2, 0.25) is 0 Å². The molecule has 0 radical (unpaired) electrons. The first-order valence-corrected chi connectivity index (χ1v) is 10.9. The average molecular weight is 475 g/mol. The van der Waals surface area contributed by atoms with Crippen molar-refractivity contribution < 1.29 is 13.6 Å². The Bertz CT molecular complexity index is 737. The summed E-state index contributed by atoms with van der Waals surface area (Å²) in [4.78, 5) is 0. The molecule has 2 aromatic carbocycles. The van der Waals surface area contributed by atoms with Crippen molar-refractivity contribution in [2.24, 2.45) is 0 Å². The number of hydrogen-bond donors (Lipinski definition) is 1. The number of anilines is 1. The molecule has 0 spiro atoms. The Morgan fingerprint density at radius 1 is 1.08 bits per heavy atom. The number of rotatable bonds is 4. The topological polar surface area (TPSA) is 47.6 Å². The molecule has 1 saturated heterocycles. The van der Waals surface area contributed by atoms with Crippen LogP contribution in [0.1, 0.15) is 24.7 Å². The molecular weight excluding hydrogens is 457 g/mol. The molecule has 24 heavy (non-hydrogen) atoms. The molecule has 2 aromatic rings. The van der Waals surface area contributed by atoms with Gasteiger partial charge in [-0.3, -0.25) is 4.57 Å². The zero-order chi connectivity index (χ0) is 17.2. The van der Waals surface area contributed by atoms with Crippen molar-refractivity contribution in [2.45, 2.75) is 25.2 Å². The van der Waals surface area contributed by atoms with Crippen LogP contribution >= 0.6 is 39.5 Å². The minimum Gasteiger partial charge on any atom is -0.368 e. The maximum Gasteiger partial charge on any atom is 0.357 e. The zero-order valence-corrected chi connectivity index (χ0v) is 17.2. The summed E-state index contributed by atoms with van der Waals surface area (Å²) in [5, 5.41) is 3.32. The Morgan fingerprint density at radius 3 is 2.25 bits per heavy atom. The first-order valence-electron chi connectivity index (χ1n) is 7.66. The highest BCUT2D eigenvalue weighted by Crippen LogP contribution is 2.63. The van der Waals surface area contributed by atoms with Crippen LogP contribution in [0.4, 0.5) is 5.69 Å². The van der Waals surface area contributed by atoms with Gasteiger partial charge < -0.3 is 14.4 Å². The number of benzene rings is 2. The van der Waals surface area contributed by atoms with Crippen molar-refractivity contribution in [3.05, 3.63) is 63.0 Å². The number of halogens is 2. The predicted octanol–water partition coefficient (Wildman–Crippen LogP) is 6.34. The van der Waals surface area contributed by atoms with Crippen LogP contribution in [0.3, 0.4) is 0 Å². The molecule has 1 N–H and O–H groups in total. The first-order chi connectivity index (χ1) is 11.5. The van der Waals surface area contributed by atoms with E-state index < -0.39 is 13.4 Å². The molecule has 0 unspecified atom stereocenters. The summed E-state index contributed by atoms with van der Waals surface area (Å²) in [6, 6.07) is 15.4. The van der Waals surface area contributed by atoms with Gasteiger partial charge >= 0.3 is 7.60 Å². The highest BCUT2D eigenvalue weighted by Gasteiger charge is 2.41. The van der Waals surface area contributed by atoms with Crippen molar-refractivity contribution in [1.82, 2.24) is 0 Å². The quantitative estimate of drug-likeness (QED) is 0.525. The van der Waals surface area contributed by atoms with Gasteiger partial charge in [0.25, 0.3) is 0 Å². The Hall–Kier alpha value is -0.650. The van der Waals surface area contributed by atoms with Gasteiger partial charge in [0.1, 0.15) is 0 Å². The second kappa shape index (κ2) is 7.71. The largest absolute Gasteiger partial charge is 0.368 e. The fraction of sp³-hybridized carbons (Fsp3) is 0.294.